The molecule has 1 aromatic heterocycles. The van der Waals surface area contributed by atoms with E-state index in [-0.39, 0.29) is 5.69 Å². The number of carboxylic acids is 1. The second-order valence-electron chi connectivity index (χ2n) is 3.92. The molecule has 0 aromatic carbocycles. The summed E-state index contributed by atoms with van der Waals surface area (Å²) in [5.74, 6) is -0.735. The molecule has 1 unspecified atom stereocenters. The van der Waals surface area contributed by atoms with E-state index in [2.05, 4.69) is 10.3 Å². The molecule has 0 spiro atoms. The molecule has 2 N–H and O–H groups in total. The lowest BCUT2D eigenvalue weighted by Gasteiger charge is -2.09. The highest BCUT2D eigenvalue weighted by Crippen LogP contribution is 2.33. The third kappa shape index (κ3) is 1.99. The van der Waals surface area contributed by atoms with Crippen LogP contribution in [0.15, 0.2) is 0 Å². The average molecular weight is 211 g/mol. The summed E-state index contributed by atoms with van der Waals surface area (Å²) in [5, 5.41) is 25.7. The van der Waals surface area contributed by atoms with Crippen LogP contribution in [-0.2, 0) is 6.54 Å². The number of nitrogens with zero attached hydrogens (tertiary/aromatic N) is 3. The van der Waals surface area contributed by atoms with Crippen molar-refractivity contribution in [2.45, 2.75) is 32.4 Å². The van der Waals surface area contributed by atoms with Gasteiger partial charge in [0.1, 0.15) is 0 Å². The normalized spacial score (nSPS) is 17.7. The number of aromatic nitrogens is 3. The summed E-state index contributed by atoms with van der Waals surface area (Å²) in [5.41, 5.74) is 0.445. The van der Waals surface area contributed by atoms with Crippen molar-refractivity contribution in [1.82, 2.24) is 15.0 Å². The predicted octanol–water partition coefficient (Wildman–Crippen LogP) is 0.0556. The summed E-state index contributed by atoms with van der Waals surface area (Å²) in [6.07, 6.45) is 1.65. The highest BCUT2D eigenvalue weighted by molar-refractivity contribution is 5.86. The summed E-state index contributed by atoms with van der Waals surface area (Å²) in [7, 11) is 0. The molecule has 1 fully saturated rings. The van der Waals surface area contributed by atoms with Gasteiger partial charge in [0.2, 0.25) is 0 Å². The fourth-order valence-corrected chi connectivity index (χ4v) is 1.54. The van der Waals surface area contributed by atoms with Gasteiger partial charge in [-0.1, -0.05) is 5.21 Å². The quantitative estimate of drug-likeness (QED) is 0.735. The Morgan fingerprint density at radius 2 is 2.33 bits per heavy atom. The van der Waals surface area contributed by atoms with Crippen LogP contribution >= 0.6 is 0 Å². The molecule has 0 aliphatic heterocycles. The highest BCUT2D eigenvalue weighted by Gasteiger charge is 2.30. The number of hydrogen-bond acceptors (Lipinski definition) is 4. The van der Waals surface area contributed by atoms with Gasteiger partial charge in [-0.05, 0) is 25.7 Å². The second kappa shape index (κ2) is 3.62. The first-order valence-electron chi connectivity index (χ1n) is 4.91. The van der Waals surface area contributed by atoms with Gasteiger partial charge in [-0.15, -0.1) is 5.10 Å². The van der Waals surface area contributed by atoms with Gasteiger partial charge in [0.05, 0.1) is 18.3 Å². The van der Waals surface area contributed by atoms with Crippen LogP contribution in [0.1, 0.15) is 29.0 Å². The van der Waals surface area contributed by atoms with E-state index in [1.54, 1.807) is 6.92 Å². The molecule has 1 saturated carbocycles. The minimum Gasteiger partial charge on any atom is -0.476 e. The Kier molecular flexibility index (Phi) is 2.44. The van der Waals surface area contributed by atoms with Crippen molar-refractivity contribution in [3.63, 3.8) is 0 Å². The lowest BCUT2D eigenvalue weighted by Crippen LogP contribution is -2.20. The van der Waals surface area contributed by atoms with Crippen molar-refractivity contribution in [2.24, 2.45) is 5.92 Å². The third-order valence-electron chi connectivity index (χ3n) is 2.71. The van der Waals surface area contributed by atoms with E-state index in [1.165, 1.54) is 4.68 Å². The molecule has 1 aliphatic rings. The Bertz CT molecular complexity index is 384. The number of hydrogen-bond donors (Lipinski definition) is 2. The molecule has 1 aromatic rings. The standard InChI is InChI=1S/C9H13N3O3/c1-5-8(9(14)15)10-11-12(5)4-7(13)6-2-3-6/h6-7,13H,2-4H2,1H3,(H,14,15). The zero-order valence-corrected chi connectivity index (χ0v) is 8.42. The molecule has 0 saturated heterocycles. The molecule has 0 bridgehead atoms. The number of aliphatic hydroxyl groups excluding tert-OH is 1. The van der Waals surface area contributed by atoms with Crippen molar-refractivity contribution in [1.29, 1.82) is 0 Å². The topological polar surface area (TPSA) is 88.2 Å². The third-order valence-corrected chi connectivity index (χ3v) is 2.71. The maximum absolute atomic E-state index is 10.7. The van der Waals surface area contributed by atoms with Crippen LogP contribution in [0.5, 0.6) is 0 Å². The van der Waals surface area contributed by atoms with Gasteiger partial charge in [0.25, 0.3) is 0 Å². The SMILES string of the molecule is Cc1c(C(=O)O)nnn1CC(O)C1CC1. The fraction of sp³-hybridized carbons (Fsp3) is 0.667. The van der Waals surface area contributed by atoms with E-state index in [1.807, 2.05) is 0 Å². The second-order valence-corrected chi connectivity index (χ2v) is 3.92. The number of rotatable bonds is 4. The smallest absolute Gasteiger partial charge is 0.358 e. The maximum atomic E-state index is 10.7. The van der Waals surface area contributed by atoms with E-state index in [4.69, 9.17) is 5.11 Å². The minimum absolute atomic E-state index is 0.0435. The Labute approximate surface area is 86.5 Å². The number of carbonyl (C=O) groups is 1. The molecule has 1 atom stereocenters. The Hall–Kier alpha value is -1.43. The van der Waals surface area contributed by atoms with Crippen molar-refractivity contribution in [3.8, 4) is 0 Å². The Morgan fingerprint density at radius 1 is 1.67 bits per heavy atom. The number of aliphatic hydroxyl groups is 1. The van der Waals surface area contributed by atoms with Crippen LogP contribution in [-0.4, -0.2) is 37.3 Å². The number of carboxylic acid groups (broad SMARTS) is 1. The van der Waals surface area contributed by atoms with Crippen LogP contribution < -0.4 is 0 Å². The molecule has 1 heterocycles. The zero-order chi connectivity index (χ0) is 11.0. The van der Waals surface area contributed by atoms with E-state index >= 15 is 0 Å². The first-order chi connectivity index (χ1) is 7.09. The minimum atomic E-state index is -1.08. The largest absolute Gasteiger partial charge is 0.476 e. The van der Waals surface area contributed by atoms with Crippen LogP contribution in [0.25, 0.3) is 0 Å². The molecule has 6 heteroatoms. The van der Waals surface area contributed by atoms with Crippen molar-refractivity contribution < 1.29 is 15.0 Å². The van der Waals surface area contributed by atoms with Gasteiger partial charge >= 0.3 is 5.97 Å². The van der Waals surface area contributed by atoms with Crippen LogP contribution in [0.2, 0.25) is 0 Å². The van der Waals surface area contributed by atoms with Crippen LogP contribution in [0.4, 0.5) is 0 Å². The maximum Gasteiger partial charge on any atom is 0.358 e. The summed E-state index contributed by atoms with van der Waals surface area (Å²) in [6, 6.07) is 0. The summed E-state index contributed by atoms with van der Waals surface area (Å²) >= 11 is 0. The van der Waals surface area contributed by atoms with Gasteiger partial charge < -0.3 is 10.2 Å². The van der Waals surface area contributed by atoms with Gasteiger partial charge in [0.15, 0.2) is 5.69 Å². The van der Waals surface area contributed by atoms with Crippen LogP contribution in [0.3, 0.4) is 0 Å². The summed E-state index contributed by atoms with van der Waals surface area (Å²) < 4.78 is 1.45. The van der Waals surface area contributed by atoms with Gasteiger partial charge in [0, 0.05) is 0 Å². The molecule has 0 amide bonds. The molecule has 1 aliphatic carbocycles. The van der Waals surface area contributed by atoms with E-state index in [0.717, 1.165) is 12.8 Å². The molecule has 15 heavy (non-hydrogen) atoms. The lowest BCUT2D eigenvalue weighted by molar-refractivity contribution is 0.0689. The van der Waals surface area contributed by atoms with E-state index < -0.39 is 12.1 Å². The zero-order valence-electron chi connectivity index (χ0n) is 8.42. The lowest BCUT2D eigenvalue weighted by atomic mass is 10.2. The first kappa shape index (κ1) is 10.1. The Balaban J connectivity index is 2.11. The molecular weight excluding hydrogens is 198 g/mol. The van der Waals surface area contributed by atoms with Crippen molar-refractivity contribution in [2.75, 3.05) is 0 Å². The predicted molar refractivity (Wildman–Crippen MR) is 50.4 cm³/mol. The van der Waals surface area contributed by atoms with Crippen molar-refractivity contribution >= 4 is 5.97 Å². The molecule has 82 valence electrons. The first-order valence-corrected chi connectivity index (χ1v) is 4.91. The molecule has 0 radical (unpaired) electrons. The van der Waals surface area contributed by atoms with Gasteiger partial charge in [-0.25, -0.2) is 9.48 Å². The van der Waals surface area contributed by atoms with E-state index in [0.29, 0.717) is 18.2 Å². The summed E-state index contributed by atoms with van der Waals surface area (Å²) in [4.78, 5) is 10.7. The Morgan fingerprint density at radius 3 is 2.80 bits per heavy atom. The summed E-state index contributed by atoms with van der Waals surface area (Å²) in [6.45, 7) is 1.97. The van der Waals surface area contributed by atoms with E-state index in [9.17, 15) is 9.90 Å². The van der Waals surface area contributed by atoms with Gasteiger partial charge in [-0.2, -0.15) is 0 Å². The molecular formula is C9H13N3O3. The fourth-order valence-electron chi connectivity index (χ4n) is 1.54. The monoisotopic (exact) mass is 211 g/mol. The van der Waals surface area contributed by atoms with Gasteiger partial charge in [-0.3, -0.25) is 0 Å². The average Bonchev–Trinajstić information content (AvgIpc) is 2.94. The van der Waals surface area contributed by atoms with Crippen LogP contribution in [0, 0.1) is 12.8 Å². The molecule has 6 nitrogen and oxygen atoms in total. The highest BCUT2D eigenvalue weighted by atomic mass is 16.4. The molecule has 2 rings (SSSR count). The van der Waals surface area contributed by atoms with Crippen molar-refractivity contribution in [3.05, 3.63) is 11.4 Å². The number of aromatic carboxylic acids is 1.